The van der Waals surface area contributed by atoms with Gasteiger partial charge in [0.15, 0.2) is 5.82 Å². The Morgan fingerprint density at radius 1 is 1.03 bits per heavy atom. The van der Waals surface area contributed by atoms with E-state index in [4.69, 9.17) is 4.74 Å². The molecule has 1 saturated heterocycles. The molecule has 5 rings (SSSR count). The van der Waals surface area contributed by atoms with E-state index in [2.05, 4.69) is 75.3 Å². The molecule has 0 spiro atoms. The van der Waals surface area contributed by atoms with E-state index >= 15 is 0 Å². The molecule has 1 unspecified atom stereocenters. The van der Waals surface area contributed by atoms with Gasteiger partial charge in [-0.25, -0.2) is 4.68 Å². The Balaban J connectivity index is 1.54. The number of hydrogen-bond donors (Lipinski definition) is 1. The third-order valence-electron chi connectivity index (χ3n) is 7.54. The Bertz CT molecular complexity index is 1470. The van der Waals surface area contributed by atoms with Crippen LogP contribution in [-0.4, -0.2) is 70.0 Å². The van der Waals surface area contributed by atoms with Gasteiger partial charge in [0.2, 0.25) is 0 Å². The number of benzene rings is 2. The number of pyridine rings is 1. The lowest BCUT2D eigenvalue weighted by molar-refractivity contribution is 0.171. The van der Waals surface area contributed by atoms with E-state index < -0.39 is 0 Å². The monoisotopic (exact) mass is 501 g/mol. The highest BCUT2D eigenvalue weighted by Crippen LogP contribution is 2.31. The van der Waals surface area contributed by atoms with Crippen molar-refractivity contribution in [1.82, 2.24) is 30.1 Å². The first kappa shape index (κ1) is 25.1. The van der Waals surface area contributed by atoms with Gasteiger partial charge in [0.05, 0.1) is 13.2 Å². The maximum absolute atomic E-state index is 13.5. The van der Waals surface area contributed by atoms with E-state index in [1.807, 2.05) is 19.1 Å². The third-order valence-corrected chi connectivity index (χ3v) is 7.54. The van der Waals surface area contributed by atoms with Gasteiger partial charge in [0, 0.05) is 55.4 Å². The van der Waals surface area contributed by atoms with Crippen LogP contribution >= 0.6 is 0 Å². The van der Waals surface area contributed by atoms with E-state index in [-0.39, 0.29) is 11.6 Å². The number of aryl methyl sites for hydroxylation is 3. The molecule has 0 saturated carbocycles. The number of aromatic amines is 1. The first-order valence-corrected chi connectivity index (χ1v) is 12.8. The summed E-state index contributed by atoms with van der Waals surface area (Å²) in [6.07, 6.45) is 0. The van der Waals surface area contributed by atoms with Gasteiger partial charge < -0.3 is 14.6 Å². The van der Waals surface area contributed by atoms with Gasteiger partial charge in [-0.05, 0) is 78.6 Å². The molecule has 1 aliphatic rings. The Hall–Kier alpha value is -3.56. The molecule has 1 atom stereocenters. The van der Waals surface area contributed by atoms with Gasteiger partial charge >= 0.3 is 0 Å². The second-order valence-corrected chi connectivity index (χ2v) is 9.99. The van der Waals surface area contributed by atoms with Crippen molar-refractivity contribution in [3.63, 3.8) is 0 Å². The topological polar surface area (TPSA) is 92.2 Å². The number of piperazine rings is 1. The molecule has 2 aromatic carbocycles. The standard InChI is InChI=1S/C28H35N7O2/c1-18-15-20(3)22-17-23(28(36)29-24(22)16-18)26(27-30-31-32-35(27)13-14-37-5)34-11-9-33(10-12-34)25-8-6-7-19(2)21(25)4/h6-8,15-17,26H,9-14H2,1-5H3,(H,29,36). The van der Waals surface area contributed by atoms with Crippen LogP contribution in [0.3, 0.4) is 0 Å². The fourth-order valence-corrected chi connectivity index (χ4v) is 5.44. The number of aromatic nitrogens is 5. The summed E-state index contributed by atoms with van der Waals surface area (Å²) in [5.74, 6) is 0.659. The van der Waals surface area contributed by atoms with E-state index in [9.17, 15) is 4.79 Å². The van der Waals surface area contributed by atoms with E-state index in [1.165, 1.54) is 16.8 Å². The zero-order valence-electron chi connectivity index (χ0n) is 22.3. The molecule has 0 bridgehead atoms. The number of ether oxygens (including phenoxy) is 1. The highest BCUT2D eigenvalue weighted by atomic mass is 16.5. The summed E-state index contributed by atoms with van der Waals surface area (Å²) in [5, 5.41) is 13.7. The van der Waals surface area contributed by atoms with E-state index in [1.54, 1.807) is 11.8 Å². The van der Waals surface area contributed by atoms with Gasteiger partial charge in [-0.1, -0.05) is 18.2 Å². The Morgan fingerprint density at radius 3 is 2.57 bits per heavy atom. The van der Waals surface area contributed by atoms with Crippen molar-refractivity contribution in [3.05, 3.63) is 80.4 Å². The van der Waals surface area contributed by atoms with Gasteiger partial charge in [-0.2, -0.15) is 0 Å². The predicted octanol–water partition coefficient (Wildman–Crippen LogP) is 3.31. The van der Waals surface area contributed by atoms with Crippen molar-refractivity contribution in [1.29, 1.82) is 0 Å². The van der Waals surface area contributed by atoms with Crippen molar-refractivity contribution >= 4 is 16.6 Å². The molecule has 0 amide bonds. The fraction of sp³-hybridized carbons (Fsp3) is 0.429. The molecule has 0 radical (unpaired) electrons. The average Bonchev–Trinajstić information content (AvgIpc) is 3.33. The van der Waals surface area contributed by atoms with E-state index in [0.29, 0.717) is 24.5 Å². The molecule has 1 N–H and O–H groups in total. The lowest BCUT2D eigenvalue weighted by Crippen LogP contribution is -2.49. The minimum absolute atomic E-state index is 0.110. The molecule has 9 heteroatoms. The zero-order valence-corrected chi connectivity index (χ0v) is 22.3. The SMILES string of the molecule is COCCn1nnnc1C(c1cc2c(C)cc(C)cc2[nH]c1=O)N1CCN(c2cccc(C)c2C)CC1. The molecule has 1 aliphatic heterocycles. The lowest BCUT2D eigenvalue weighted by atomic mass is 9.99. The molecule has 2 aromatic heterocycles. The molecule has 0 aliphatic carbocycles. The van der Waals surface area contributed by atoms with Gasteiger partial charge in [0.1, 0.15) is 6.04 Å². The Morgan fingerprint density at radius 2 is 1.81 bits per heavy atom. The van der Waals surface area contributed by atoms with Crippen LogP contribution in [0.25, 0.3) is 10.9 Å². The van der Waals surface area contributed by atoms with Crippen LogP contribution in [0.4, 0.5) is 5.69 Å². The number of hydrogen-bond acceptors (Lipinski definition) is 7. The summed E-state index contributed by atoms with van der Waals surface area (Å²) in [5.41, 5.74) is 7.53. The van der Waals surface area contributed by atoms with Crippen molar-refractivity contribution in [2.45, 2.75) is 40.3 Å². The van der Waals surface area contributed by atoms with Crippen LogP contribution < -0.4 is 10.5 Å². The number of fused-ring (bicyclic) bond motifs is 1. The summed E-state index contributed by atoms with van der Waals surface area (Å²) in [7, 11) is 1.66. The zero-order chi connectivity index (χ0) is 26.1. The summed E-state index contributed by atoms with van der Waals surface area (Å²) >= 11 is 0. The number of rotatable bonds is 7. The van der Waals surface area contributed by atoms with Crippen LogP contribution in [0, 0.1) is 27.7 Å². The first-order valence-electron chi connectivity index (χ1n) is 12.8. The summed E-state index contributed by atoms with van der Waals surface area (Å²) in [4.78, 5) is 21.4. The van der Waals surface area contributed by atoms with Crippen LogP contribution in [0.5, 0.6) is 0 Å². The second-order valence-electron chi connectivity index (χ2n) is 9.99. The molecule has 9 nitrogen and oxygen atoms in total. The maximum Gasteiger partial charge on any atom is 0.253 e. The molecule has 194 valence electrons. The quantitative estimate of drug-likeness (QED) is 0.415. The normalized spacial score (nSPS) is 15.4. The van der Waals surface area contributed by atoms with Crippen LogP contribution in [0.1, 0.15) is 39.7 Å². The Labute approximate surface area is 217 Å². The van der Waals surface area contributed by atoms with Crippen molar-refractivity contribution in [2.75, 3.05) is 44.8 Å². The first-order chi connectivity index (χ1) is 17.9. The lowest BCUT2D eigenvalue weighted by Gasteiger charge is -2.40. The minimum atomic E-state index is -0.374. The number of nitrogens with one attached hydrogen (secondary N) is 1. The average molecular weight is 502 g/mol. The van der Waals surface area contributed by atoms with Gasteiger partial charge in [0.25, 0.3) is 5.56 Å². The van der Waals surface area contributed by atoms with Crippen LogP contribution in [0.15, 0.2) is 41.2 Å². The molecular weight excluding hydrogens is 466 g/mol. The number of methoxy groups -OCH3 is 1. The number of nitrogens with zero attached hydrogens (tertiary/aromatic N) is 6. The number of anilines is 1. The summed E-state index contributed by atoms with van der Waals surface area (Å²) < 4.78 is 7.05. The summed E-state index contributed by atoms with van der Waals surface area (Å²) in [6.45, 7) is 12.7. The number of H-pyrrole nitrogens is 1. The third kappa shape index (κ3) is 4.89. The van der Waals surface area contributed by atoms with Crippen molar-refractivity contribution in [2.24, 2.45) is 0 Å². The van der Waals surface area contributed by atoms with Gasteiger partial charge in [-0.3, -0.25) is 9.69 Å². The van der Waals surface area contributed by atoms with Gasteiger partial charge in [-0.15, -0.1) is 5.10 Å². The smallest absolute Gasteiger partial charge is 0.253 e. The molecule has 4 aromatic rings. The highest BCUT2D eigenvalue weighted by Gasteiger charge is 2.33. The Kier molecular flexibility index (Phi) is 7.08. The second kappa shape index (κ2) is 10.4. The number of tetrazole rings is 1. The van der Waals surface area contributed by atoms with E-state index in [0.717, 1.165) is 48.2 Å². The largest absolute Gasteiger partial charge is 0.383 e. The molecule has 37 heavy (non-hydrogen) atoms. The van der Waals surface area contributed by atoms with Crippen molar-refractivity contribution < 1.29 is 4.74 Å². The molecule has 1 fully saturated rings. The molecular formula is C28H35N7O2. The van der Waals surface area contributed by atoms with Crippen LogP contribution in [-0.2, 0) is 11.3 Å². The minimum Gasteiger partial charge on any atom is -0.383 e. The predicted molar refractivity (Wildman–Crippen MR) is 145 cm³/mol. The molecule has 3 heterocycles. The fourth-order valence-electron chi connectivity index (χ4n) is 5.44. The highest BCUT2D eigenvalue weighted by molar-refractivity contribution is 5.83. The van der Waals surface area contributed by atoms with Crippen LogP contribution in [0.2, 0.25) is 0 Å². The summed E-state index contributed by atoms with van der Waals surface area (Å²) in [6, 6.07) is 12.3. The van der Waals surface area contributed by atoms with Crippen molar-refractivity contribution in [3.8, 4) is 0 Å². The maximum atomic E-state index is 13.5.